The number of aryl methyl sites for hydroxylation is 1. The van der Waals surface area contributed by atoms with Gasteiger partial charge in [-0.05, 0) is 46.6 Å². The van der Waals surface area contributed by atoms with Crippen molar-refractivity contribution in [1.82, 2.24) is 3.97 Å². The molecule has 18 heavy (non-hydrogen) atoms. The van der Waals surface area contributed by atoms with Crippen molar-refractivity contribution >= 4 is 32.0 Å². The average Bonchev–Trinajstić information content (AvgIpc) is 2.72. The van der Waals surface area contributed by atoms with Gasteiger partial charge >= 0.3 is 0 Å². The molecular formula is C13H12BrNO2S. The van der Waals surface area contributed by atoms with Gasteiger partial charge in [0.05, 0.1) is 4.90 Å². The maximum Gasteiger partial charge on any atom is 0.268 e. The second-order valence-corrected chi connectivity index (χ2v) is 6.54. The van der Waals surface area contributed by atoms with E-state index >= 15 is 0 Å². The molecule has 2 aromatic rings. The van der Waals surface area contributed by atoms with Crippen LogP contribution in [0.5, 0.6) is 0 Å². The van der Waals surface area contributed by atoms with Gasteiger partial charge < -0.3 is 0 Å². The van der Waals surface area contributed by atoms with E-state index in [0.29, 0.717) is 4.60 Å². The molecule has 2 rings (SSSR count). The summed E-state index contributed by atoms with van der Waals surface area (Å²) in [5.41, 5.74) is 1.77. The zero-order valence-electron chi connectivity index (χ0n) is 9.80. The minimum atomic E-state index is -3.55. The molecule has 0 saturated carbocycles. The van der Waals surface area contributed by atoms with Crippen molar-refractivity contribution < 1.29 is 8.42 Å². The maximum absolute atomic E-state index is 12.4. The third-order valence-electron chi connectivity index (χ3n) is 2.58. The van der Waals surface area contributed by atoms with E-state index in [1.54, 1.807) is 36.4 Å². The van der Waals surface area contributed by atoms with Gasteiger partial charge in [0.2, 0.25) is 0 Å². The predicted molar refractivity (Wildman–Crippen MR) is 76.0 cm³/mol. The highest BCUT2D eigenvalue weighted by molar-refractivity contribution is 9.10. The van der Waals surface area contributed by atoms with Gasteiger partial charge in [0.1, 0.15) is 4.60 Å². The van der Waals surface area contributed by atoms with E-state index in [-0.39, 0.29) is 4.90 Å². The van der Waals surface area contributed by atoms with Gasteiger partial charge in [0, 0.05) is 6.20 Å². The van der Waals surface area contributed by atoms with Crippen molar-refractivity contribution in [2.75, 3.05) is 0 Å². The van der Waals surface area contributed by atoms with Crippen LogP contribution in [0.2, 0.25) is 0 Å². The van der Waals surface area contributed by atoms with Crippen molar-refractivity contribution in [3.63, 3.8) is 0 Å². The normalized spacial score (nSPS) is 11.4. The van der Waals surface area contributed by atoms with Crippen molar-refractivity contribution in [3.8, 4) is 0 Å². The van der Waals surface area contributed by atoms with Crippen molar-refractivity contribution in [2.45, 2.75) is 11.8 Å². The summed E-state index contributed by atoms with van der Waals surface area (Å²) in [5.74, 6) is 0. The molecule has 0 spiro atoms. The van der Waals surface area contributed by atoms with E-state index in [1.807, 2.05) is 6.92 Å². The Balaban J connectivity index is 2.57. The lowest BCUT2D eigenvalue weighted by Crippen LogP contribution is -2.12. The molecule has 0 aliphatic rings. The summed E-state index contributed by atoms with van der Waals surface area (Å²) in [4.78, 5) is 0.264. The van der Waals surface area contributed by atoms with Gasteiger partial charge in [-0.3, -0.25) is 0 Å². The molecule has 1 aromatic heterocycles. The van der Waals surface area contributed by atoms with E-state index in [2.05, 4.69) is 22.5 Å². The third-order valence-corrected chi connectivity index (χ3v) is 5.11. The summed E-state index contributed by atoms with van der Waals surface area (Å²) in [7, 11) is -3.55. The molecule has 0 amide bonds. The lowest BCUT2D eigenvalue weighted by atomic mass is 10.2. The number of halogens is 1. The van der Waals surface area contributed by atoms with Crippen LogP contribution in [0, 0.1) is 6.92 Å². The van der Waals surface area contributed by atoms with Gasteiger partial charge in [0.15, 0.2) is 0 Å². The molecule has 0 fully saturated rings. The van der Waals surface area contributed by atoms with E-state index in [1.165, 1.54) is 10.2 Å². The Bertz CT molecular complexity index is 684. The average molecular weight is 326 g/mol. The first kappa shape index (κ1) is 13.1. The molecule has 0 aliphatic heterocycles. The van der Waals surface area contributed by atoms with Gasteiger partial charge in [-0.2, -0.15) is 0 Å². The van der Waals surface area contributed by atoms with Gasteiger partial charge in [-0.1, -0.05) is 30.4 Å². The van der Waals surface area contributed by atoms with Crippen molar-refractivity contribution in [1.29, 1.82) is 0 Å². The standard InChI is InChI=1S/C13H12BrNO2S/c1-3-11-8-13(14)15(9-11)18(16,17)12-6-4-10(2)5-7-12/h3-9H,1H2,2H3. The quantitative estimate of drug-likeness (QED) is 0.867. The van der Waals surface area contributed by atoms with Crippen molar-refractivity contribution in [2.24, 2.45) is 0 Å². The number of aromatic nitrogens is 1. The maximum atomic E-state index is 12.4. The largest absolute Gasteiger partial charge is 0.268 e. The number of nitrogens with zero attached hydrogens (tertiary/aromatic N) is 1. The lowest BCUT2D eigenvalue weighted by molar-refractivity contribution is 0.586. The fraction of sp³-hybridized carbons (Fsp3) is 0.0769. The topological polar surface area (TPSA) is 39.1 Å². The first-order valence-electron chi connectivity index (χ1n) is 5.28. The number of hydrogen-bond donors (Lipinski definition) is 0. The van der Waals surface area contributed by atoms with Crippen LogP contribution in [0.4, 0.5) is 0 Å². The summed E-state index contributed by atoms with van der Waals surface area (Å²) < 4.78 is 26.5. The Hall–Kier alpha value is -1.33. The number of rotatable bonds is 3. The van der Waals surface area contributed by atoms with Crippen LogP contribution in [-0.4, -0.2) is 12.4 Å². The van der Waals surface area contributed by atoms with Crippen LogP contribution in [0.1, 0.15) is 11.1 Å². The molecule has 0 aliphatic carbocycles. The molecule has 0 unspecified atom stereocenters. The fourth-order valence-corrected chi connectivity index (χ4v) is 3.74. The van der Waals surface area contributed by atoms with Crippen LogP contribution >= 0.6 is 15.9 Å². The zero-order valence-corrected chi connectivity index (χ0v) is 12.2. The molecule has 0 atom stereocenters. The Labute approximate surface area is 115 Å². The molecule has 1 aromatic carbocycles. The number of benzene rings is 1. The predicted octanol–water partition coefficient (Wildman–Crippen LogP) is 3.44. The molecule has 5 heteroatoms. The molecule has 1 heterocycles. The smallest absolute Gasteiger partial charge is 0.234 e. The molecule has 0 radical (unpaired) electrons. The lowest BCUT2D eigenvalue weighted by Gasteiger charge is -2.07. The minimum Gasteiger partial charge on any atom is -0.234 e. The van der Waals surface area contributed by atoms with E-state index in [4.69, 9.17) is 0 Å². The summed E-state index contributed by atoms with van der Waals surface area (Å²) >= 11 is 3.24. The first-order valence-corrected chi connectivity index (χ1v) is 7.51. The highest BCUT2D eigenvalue weighted by Gasteiger charge is 2.19. The highest BCUT2D eigenvalue weighted by Crippen LogP contribution is 2.23. The Morgan fingerprint density at radius 3 is 2.39 bits per heavy atom. The van der Waals surface area contributed by atoms with Crippen LogP contribution in [0.3, 0.4) is 0 Å². The van der Waals surface area contributed by atoms with Crippen LogP contribution in [0.25, 0.3) is 6.08 Å². The molecule has 0 N–H and O–H groups in total. The molecule has 3 nitrogen and oxygen atoms in total. The summed E-state index contributed by atoms with van der Waals surface area (Å²) in [6, 6.07) is 8.46. The van der Waals surface area contributed by atoms with Gasteiger partial charge in [-0.15, -0.1) is 0 Å². The van der Waals surface area contributed by atoms with Crippen LogP contribution in [-0.2, 0) is 10.0 Å². The molecule has 0 saturated heterocycles. The first-order chi connectivity index (χ1) is 8.45. The second-order valence-electron chi connectivity index (χ2n) is 3.91. The molecule has 0 bridgehead atoms. The highest BCUT2D eigenvalue weighted by atomic mass is 79.9. The zero-order chi connectivity index (χ0) is 13.3. The monoisotopic (exact) mass is 325 g/mol. The van der Waals surface area contributed by atoms with Crippen LogP contribution in [0.15, 0.2) is 52.6 Å². The molecule has 94 valence electrons. The van der Waals surface area contributed by atoms with Gasteiger partial charge in [0.25, 0.3) is 10.0 Å². The van der Waals surface area contributed by atoms with Crippen LogP contribution < -0.4 is 0 Å². The molecular weight excluding hydrogens is 314 g/mol. The summed E-state index contributed by atoms with van der Waals surface area (Å²) in [6.07, 6.45) is 3.14. The fourth-order valence-electron chi connectivity index (χ4n) is 1.56. The van der Waals surface area contributed by atoms with E-state index in [9.17, 15) is 8.42 Å². The Morgan fingerprint density at radius 1 is 1.28 bits per heavy atom. The van der Waals surface area contributed by atoms with E-state index < -0.39 is 10.0 Å². The van der Waals surface area contributed by atoms with Gasteiger partial charge in [-0.25, -0.2) is 12.4 Å². The Morgan fingerprint density at radius 2 is 1.89 bits per heavy atom. The second kappa shape index (κ2) is 4.74. The van der Waals surface area contributed by atoms with Crippen molar-refractivity contribution in [3.05, 3.63) is 58.8 Å². The minimum absolute atomic E-state index is 0.264. The Kier molecular flexibility index (Phi) is 3.45. The summed E-state index contributed by atoms with van der Waals surface area (Å²) in [5, 5.41) is 0. The summed E-state index contributed by atoms with van der Waals surface area (Å²) in [6.45, 7) is 5.54. The third kappa shape index (κ3) is 2.28. The van der Waals surface area contributed by atoms with E-state index in [0.717, 1.165) is 11.1 Å². The SMILES string of the molecule is C=Cc1cc(Br)n(S(=O)(=O)c2ccc(C)cc2)c1. The number of hydrogen-bond acceptors (Lipinski definition) is 2.